The average molecular weight is 236 g/mol. The van der Waals surface area contributed by atoms with E-state index in [2.05, 4.69) is 11.9 Å². The smallest absolute Gasteiger partial charge is 0.179 e. The maximum atomic E-state index is 11.3. The third-order valence-electron chi connectivity index (χ3n) is 2.68. The lowest BCUT2D eigenvalue weighted by Crippen LogP contribution is -2.06. The Morgan fingerprint density at radius 2 is 2.06 bits per heavy atom. The molecule has 0 aromatic carbocycles. The van der Waals surface area contributed by atoms with Crippen LogP contribution in [-0.2, 0) is 17.8 Å². The number of aromatic nitrogens is 2. The summed E-state index contributed by atoms with van der Waals surface area (Å²) in [6, 6.07) is 0. The van der Waals surface area contributed by atoms with Gasteiger partial charge in [0.25, 0.3) is 0 Å². The van der Waals surface area contributed by atoms with Gasteiger partial charge in [0.15, 0.2) is 5.78 Å². The van der Waals surface area contributed by atoms with Gasteiger partial charge in [0.05, 0.1) is 0 Å². The third kappa shape index (κ3) is 4.13. The maximum absolute atomic E-state index is 11.3. The van der Waals surface area contributed by atoms with Crippen molar-refractivity contribution < 1.29 is 9.59 Å². The van der Waals surface area contributed by atoms with Gasteiger partial charge in [-0.05, 0) is 13.3 Å². The minimum atomic E-state index is -0.0238. The summed E-state index contributed by atoms with van der Waals surface area (Å²) in [5.74, 6) is 1.05. The Balaban J connectivity index is 2.82. The third-order valence-corrected chi connectivity index (χ3v) is 2.68. The summed E-state index contributed by atoms with van der Waals surface area (Å²) >= 11 is 0. The quantitative estimate of drug-likeness (QED) is 0.683. The van der Waals surface area contributed by atoms with E-state index in [-0.39, 0.29) is 11.6 Å². The van der Waals surface area contributed by atoms with Crippen molar-refractivity contribution in [1.82, 2.24) is 9.55 Å². The number of unbranched alkanes of at least 4 members (excludes halogenated alkanes) is 1. The molecular weight excluding hydrogens is 216 g/mol. The number of rotatable bonds is 7. The SMILES string of the molecule is CCCCc1nc(C(C)=O)cn1CCC(C)=O. The van der Waals surface area contributed by atoms with Crippen molar-refractivity contribution >= 4 is 11.6 Å². The first-order chi connectivity index (χ1) is 8.04. The van der Waals surface area contributed by atoms with Crippen LogP contribution in [0.4, 0.5) is 0 Å². The molecule has 0 fully saturated rings. The van der Waals surface area contributed by atoms with Crippen LogP contribution < -0.4 is 0 Å². The highest BCUT2D eigenvalue weighted by Crippen LogP contribution is 2.09. The molecule has 0 bridgehead atoms. The average Bonchev–Trinajstić information content (AvgIpc) is 2.67. The lowest BCUT2D eigenvalue weighted by atomic mass is 10.2. The Kier molecular flexibility index (Phi) is 5.07. The first-order valence-electron chi connectivity index (χ1n) is 6.11. The topological polar surface area (TPSA) is 52.0 Å². The number of aryl methyl sites for hydroxylation is 2. The molecule has 1 aromatic heterocycles. The van der Waals surface area contributed by atoms with E-state index in [9.17, 15) is 9.59 Å². The summed E-state index contributed by atoms with van der Waals surface area (Å²) in [5.41, 5.74) is 0.500. The van der Waals surface area contributed by atoms with Gasteiger partial charge in [-0.2, -0.15) is 0 Å². The van der Waals surface area contributed by atoms with Crippen LogP contribution in [0.5, 0.6) is 0 Å². The molecule has 1 aromatic rings. The largest absolute Gasteiger partial charge is 0.334 e. The molecule has 4 nitrogen and oxygen atoms in total. The fraction of sp³-hybridized carbons (Fsp3) is 0.615. The van der Waals surface area contributed by atoms with Gasteiger partial charge in [0.2, 0.25) is 0 Å². The van der Waals surface area contributed by atoms with Crippen LogP contribution >= 0.6 is 0 Å². The Labute approximate surface area is 102 Å². The van der Waals surface area contributed by atoms with Crippen LogP contribution in [0.25, 0.3) is 0 Å². The molecule has 0 saturated carbocycles. The molecular formula is C13H20N2O2. The monoisotopic (exact) mass is 236 g/mol. The van der Waals surface area contributed by atoms with Gasteiger partial charge in [0.1, 0.15) is 17.3 Å². The van der Waals surface area contributed by atoms with Crippen LogP contribution in [0.3, 0.4) is 0 Å². The van der Waals surface area contributed by atoms with E-state index in [1.54, 1.807) is 13.1 Å². The molecule has 0 amide bonds. The fourth-order valence-electron chi connectivity index (χ4n) is 1.63. The molecule has 0 N–H and O–H groups in total. The Morgan fingerprint density at radius 3 is 2.59 bits per heavy atom. The molecule has 0 saturated heterocycles. The van der Waals surface area contributed by atoms with Crippen LogP contribution in [0.15, 0.2) is 6.20 Å². The second-order valence-electron chi connectivity index (χ2n) is 4.35. The van der Waals surface area contributed by atoms with E-state index >= 15 is 0 Å². The van der Waals surface area contributed by atoms with Crippen LogP contribution in [-0.4, -0.2) is 21.1 Å². The molecule has 1 heterocycles. The minimum Gasteiger partial charge on any atom is -0.334 e. The highest BCUT2D eigenvalue weighted by atomic mass is 16.1. The van der Waals surface area contributed by atoms with Crippen molar-refractivity contribution in [3.63, 3.8) is 0 Å². The van der Waals surface area contributed by atoms with E-state index in [1.807, 2.05) is 4.57 Å². The Bertz CT molecular complexity index is 408. The van der Waals surface area contributed by atoms with E-state index in [0.29, 0.717) is 18.7 Å². The normalized spacial score (nSPS) is 10.5. The summed E-state index contributed by atoms with van der Waals surface area (Å²) in [7, 11) is 0. The molecule has 0 aliphatic heterocycles. The van der Waals surface area contributed by atoms with Gasteiger partial charge in [-0.3, -0.25) is 9.59 Å². The lowest BCUT2D eigenvalue weighted by Gasteiger charge is -2.05. The van der Waals surface area contributed by atoms with Crippen LogP contribution in [0, 0.1) is 0 Å². The van der Waals surface area contributed by atoms with E-state index in [0.717, 1.165) is 25.1 Å². The van der Waals surface area contributed by atoms with Crippen LogP contribution in [0.1, 0.15) is 56.3 Å². The van der Waals surface area contributed by atoms with Gasteiger partial charge >= 0.3 is 0 Å². The number of imidazole rings is 1. The molecule has 0 atom stereocenters. The second kappa shape index (κ2) is 6.33. The van der Waals surface area contributed by atoms with Gasteiger partial charge in [-0.25, -0.2) is 4.98 Å². The van der Waals surface area contributed by atoms with E-state index in [1.165, 1.54) is 6.92 Å². The predicted molar refractivity (Wildman–Crippen MR) is 66.1 cm³/mol. The Morgan fingerprint density at radius 1 is 1.35 bits per heavy atom. The van der Waals surface area contributed by atoms with Crippen molar-refractivity contribution in [2.75, 3.05) is 0 Å². The number of carbonyl (C=O) groups excluding carboxylic acids is 2. The van der Waals surface area contributed by atoms with E-state index in [4.69, 9.17) is 0 Å². The number of hydrogen-bond donors (Lipinski definition) is 0. The molecule has 1 rings (SSSR count). The summed E-state index contributed by atoms with van der Waals surface area (Å²) in [6.07, 6.45) is 5.26. The highest BCUT2D eigenvalue weighted by molar-refractivity contribution is 5.91. The zero-order valence-electron chi connectivity index (χ0n) is 10.8. The number of hydrogen-bond acceptors (Lipinski definition) is 3. The lowest BCUT2D eigenvalue weighted by molar-refractivity contribution is -0.117. The van der Waals surface area contributed by atoms with Gasteiger partial charge in [-0.1, -0.05) is 13.3 Å². The zero-order chi connectivity index (χ0) is 12.8. The predicted octanol–water partition coefficient (Wildman–Crippen LogP) is 2.41. The summed E-state index contributed by atoms with van der Waals surface area (Å²) in [6.45, 7) is 5.83. The summed E-state index contributed by atoms with van der Waals surface area (Å²) in [4.78, 5) is 26.6. The molecule has 0 spiro atoms. The fourth-order valence-corrected chi connectivity index (χ4v) is 1.63. The molecule has 17 heavy (non-hydrogen) atoms. The molecule has 0 aliphatic rings. The number of Topliss-reactive ketones (excluding diaryl/α,β-unsaturated/α-hetero) is 2. The van der Waals surface area contributed by atoms with Gasteiger partial charge < -0.3 is 4.57 Å². The van der Waals surface area contributed by atoms with Crippen molar-refractivity contribution in [2.45, 2.75) is 53.0 Å². The number of carbonyl (C=O) groups is 2. The van der Waals surface area contributed by atoms with Crippen molar-refractivity contribution in [3.8, 4) is 0 Å². The maximum Gasteiger partial charge on any atom is 0.179 e. The van der Waals surface area contributed by atoms with Gasteiger partial charge in [0, 0.05) is 32.5 Å². The number of ketones is 2. The zero-order valence-corrected chi connectivity index (χ0v) is 10.8. The minimum absolute atomic E-state index is 0.0238. The molecule has 0 radical (unpaired) electrons. The molecule has 0 aliphatic carbocycles. The van der Waals surface area contributed by atoms with Gasteiger partial charge in [-0.15, -0.1) is 0 Å². The van der Waals surface area contributed by atoms with Crippen molar-refractivity contribution in [1.29, 1.82) is 0 Å². The van der Waals surface area contributed by atoms with E-state index < -0.39 is 0 Å². The number of nitrogens with zero attached hydrogens (tertiary/aromatic N) is 2. The molecule has 94 valence electrons. The van der Waals surface area contributed by atoms with Crippen LogP contribution in [0.2, 0.25) is 0 Å². The van der Waals surface area contributed by atoms with Crippen molar-refractivity contribution in [3.05, 3.63) is 17.7 Å². The molecule has 0 unspecified atom stereocenters. The van der Waals surface area contributed by atoms with Crippen molar-refractivity contribution in [2.24, 2.45) is 0 Å². The summed E-state index contributed by atoms with van der Waals surface area (Å²) in [5, 5.41) is 0. The first kappa shape index (κ1) is 13.6. The Hall–Kier alpha value is -1.45. The highest BCUT2D eigenvalue weighted by Gasteiger charge is 2.10. The molecule has 4 heteroatoms. The second-order valence-corrected chi connectivity index (χ2v) is 4.35. The first-order valence-corrected chi connectivity index (χ1v) is 6.11. The summed E-state index contributed by atoms with van der Waals surface area (Å²) < 4.78 is 1.94. The standard InChI is InChI=1S/C13H20N2O2/c1-4-5-6-13-14-12(11(3)17)9-15(13)8-7-10(2)16/h9H,4-8H2,1-3H3.